The molecule has 0 unspecified atom stereocenters. The predicted octanol–water partition coefficient (Wildman–Crippen LogP) is 2.22. The highest BCUT2D eigenvalue weighted by molar-refractivity contribution is 6.01. The number of carbonyl (C=O) groups excluding carboxylic acids is 2. The molecule has 10 heteroatoms. The summed E-state index contributed by atoms with van der Waals surface area (Å²) in [6.07, 6.45) is 2.88. The van der Waals surface area contributed by atoms with E-state index in [4.69, 9.17) is 4.74 Å². The van der Waals surface area contributed by atoms with Crippen molar-refractivity contribution in [1.82, 2.24) is 14.2 Å². The number of methoxy groups -OCH3 is 1. The smallest absolute Gasteiger partial charge is 0.339 e. The van der Waals surface area contributed by atoms with Gasteiger partial charge in [-0.15, -0.1) is 0 Å². The number of carbonyl (C=O) groups is 2. The van der Waals surface area contributed by atoms with Crippen LogP contribution in [0.2, 0.25) is 0 Å². The van der Waals surface area contributed by atoms with Gasteiger partial charge in [-0.2, -0.15) is 5.10 Å². The fraction of sp³-hybridized carbons (Fsp3) is 0.130. The van der Waals surface area contributed by atoms with Crippen LogP contribution in [-0.4, -0.2) is 38.3 Å². The number of halogens is 1. The van der Waals surface area contributed by atoms with E-state index < -0.39 is 29.9 Å². The fourth-order valence-electron chi connectivity index (χ4n) is 3.49. The van der Waals surface area contributed by atoms with E-state index in [1.54, 1.807) is 18.2 Å². The molecule has 0 saturated carbocycles. The minimum absolute atomic E-state index is 0.0992. The molecule has 2 aromatic carbocycles. The van der Waals surface area contributed by atoms with Crippen LogP contribution < -0.4 is 10.9 Å². The summed E-state index contributed by atoms with van der Waals surface area (Å²) in [4.78, 5) is 37.6. The Kier molecular flexibility index (Phi) is 6.01. The van der Waals surface area contributed by atoms with E-state index in [0.29, 0.717) is 11.3 Å². The van der Waals surface area contributed by atoms with E-state index in [0.717, 1.165) is 0 Å². The van der Waals surface area contributed by atoms with Crippen LogP contribution in [0.25, 0.3) is 16.8 Å². The number of aromatic nitrogens is 3. The summed E-state index contributed by atoms with van der Waals surface area (Å²) in [6, 6.07) is 11.9. The Balaban J connectivity index is 1.66. The van der Waals surface area contributed by atoms with Gasteiger partial charge in [0.25, 0.3) is 5.56 Å². The summed E-state index contributed by atoms with van der Waals surface area (Å²) >= 11 is 0. The number of aliphatic hydroxyl groups is 1. The van der Waals surface area contributed by atoms with Gasteiger partial charge in [0.05, 0.1) is 30.7 Å². The van der Waals surface area contributed by atoms with Crippen LogP contribution in [0.3, 0.4) is 0 Å². The van der Waals surface area contributed by atoms with Crippen molar-refractivity contribution in [2.24, 2.45) is 0 Å². The number of amides is 1. The Morgan fingerprint density at radius 3 is 2.55 bits per heavy atom. The molecule has 0 aliphatic carbocycles. The number of hydrogen-bond acceptors (Lipinski definition) is 6. The zero-order valence-corrected chi connectivity index (χ0v) is 17.5. The van der Waals surface area contributed by atoms with Gasteiger partial charge in [0.1, 0.15) is 17.9 Å². The standard InChI is InChI=1S/C23H19FN4O5/c1-33-23(32)16-4-2-3-5-18(16)25-19(30)12-27-10-11-28-21(22(27)31)17(13-29)20(26-28)14-6-8-15(24)9-7-14/h2-11,29H,12-13H2,1H3,(H,25,30). The third kappa shape index (κ3) is 4.23. The van der Waals surface area contributed by atoms with E-state index in [9.17, 15) is 23.9 Å². The van der Waals surface area contributed by atoms with E-state index in [1.165, 1.54) is 58.9 Å². The van der Waals surface area contributed by atoms with Gasteiger partial charge in [-0.1, -0.05) is 12.1 Å². The number of ether oxygens (including phenoxy) is 1. The quantitative estimate of drug-likeness (QED) is 0.436. The second-order valence-electron chi connectivity index (χ2n) is 7.10. The van der Waals surface area contributed by atoms with Crippen LogP contribution in [-0.2, 0) is 22.7 Å². The van der Waals surface area contributed by atoms with E-state index in [2.05, 4.69) is 10.4 Å². The van der Waals surface area contributed by atoms with Gasteiger partial charge < -0.3 is 19.7 Å². The highest BCUT2D eigenvalue weighted by atomic mass is 19.1. The van der Waals surface area contributed by atoms with Gasteiger partial charge in [0.15, 0.2) is 0 Å². The molecule has 4 aromatic rings. The number of para-hydroxylation sites is 1. The number of esters is 1. The third-order valence-electron chi connectivity index (χ3n) is 5.06. The van der Waals surface area contributed by atoms with Crippen LogP contribution in [0.1, 0.15) is 15.9 Å². The zero-order valence-electron chi connectivity index (χ0n) is 17.5. The number of fused-ring (bicyclic) bond motifs is 1. The molecule has 1 amide bonds. The monoisotopic (exact) mass is 450 g/mol. The summed E-state index contributed by atoms with van der Waals surface area (Å²) in [5.74, 6) is -1.57. The van der Waals surface area contributed by atoms with E-state index in [-0.39, 0.29) is 28.9 Å². The van der Waals surface area contributed by atoms with Crippen molar-refractivity contribution in [3.63, 3.8) is 0 Å². The number of nitrogens with one attached hydrogen (secondary N) is 1. The molecule has 0 saturated heterocycles. The van der Waals surface area contributed by atoms with Crippen molar-refractivity contribution in [2.75, 3.05) is 12.4 Å². The highest BCUT2D eigenvalue weighted by Gasteiger charge is 2.19. The van der Waals surface area contributed by atoms with Crippen molar-refractivity contribution >= 4 is 23.1 Å². The lowest BCUT2D eigenvalue weighted by atomic mass is 10.1. The zero-order chi connectivity index (χ0) is 23.5. The molecule has 0 radical (unpaired) electrons. The molecule has 9 nitrogen and oxygen atoms in total. The Morgan fingerprint density at radius 1 is 1.12 bits per heavy atom. The van der Waals surface area contributed by atoms with Crippen LogP contribution in [0.15, 0.2) is 65.7 Å². The van der Waals surface area contributed by atoms with Gasteiger partial charge >= 0.3 is 5.97 Å². The van der Waals surface area contributed by atoms with Gasteiger partial charge in [-0.25, -0.2) is 13.7 Å². The second kappa shape index (κ2) is 9.05. The van der Waals surface area contributed by atoms with E-state index in [1.807, 2.05) is 0 Å². The average molecular weight is 450 g/mol. The first-order chi connectivity index (χ1) is 15.9. The molecule has 0 atom stereocenters. The van der Waals surface area contributed by atoms with Gasteiger partial charge in [0, 0.05) is 23.5 Å². The molecule has 0 fully saturated rings. The van der Waals surface area contributed by atoms with Gasteiger partial charge in [0.2, 0.25) is 5.91 Å². The Labute approximate surface area is 186 Å². The summed E-state index contributed by atoms with van der Waals surface area (Å²) < 4.78 is 20.5. The first-order valence-electron chi connectivity index (χ1n) is 9.87. The number of hydrogen-bond donors (Lipinski definition) is 2. The van der Waals surface area contributed by atoms with Gasteiger partial charge in [-0.05, 0) is 36.4 Å². The Hall–Kier alpha value is -4.31. The molecule has 2 aromatic heterocycles. The number of rotatable bonds is 6. The summed E-state index contributed by atoms with van der Waals surface area (Å²) in [7, 11) is 1.24. The van der Waals surface area contributed by atoms with Crippen LogP contribution in [0.4, 0.5) is 10.1 Å². The topological polar surface area (TPSA) is 115 Å². The maximum atomic E-state index is 13.3. The van der Waals surface area contributed by atoms with Crippen LogP contribution in [0.5, 0.6) is 0 Å². The molecular formula is C23H19FN4O5. The second-order valence-corrected chi connectivity index (χ2v) is 7.10. The molecular weight excluding hydrogens is 431 g/mol. The number of aliphatic hydroxyl groups excluding tert-OH is 1. The lowest BCUT2D eigenvalue weighted by Gasteiger charge is -2.11. The lowest BCUT2D eigenvalue weighted by Crippen LogP contribution is -2.29. The largest absolute Gasteiger partial charge is 0.465 e. The molecule has 0 aliphatic rings. The van der Waals surface area contributed by atoms with Crippen molar-refractivity contribution in [3.05, 3.63) is 88.2 Å². The lowest BCUT2D eigenvalue weighted by molar-refractivity contribution is -0.116. The Bertz CT molecular complexity index is 1410. The normalized spacial score (nSPS) is 10.9. The molecule has 33 heavy (non-hydrogen) atoms. The molecule has 2 heterocycles. The van der Waals surface area contributed by atoms with Crippen molar-refractivity contribution in [3.8, 4) is 11.3 Å². The SMILES string of the molecule is COC(=O)c1ccccc1NC(=O)Cn1ccn2nc(-c3ccc(F)cc3)c(CO)c2c1=O. The molecule has 0 aliphatic heterocycles. The van der Waals surface area contributed by atoms with Crippen molar-refractivity contribution in [2.45, 2.75) is 13.2 Å². The highest BCUT2D eigenvalue weighted by Crippen LogP contribution is 2.25. The molecule has 168 valence electrons. The maximum Gasteiger partial charge on any atom is 0.339 e. The van der Waals surface area contributed by atoms with Crippen LogP contribution >= 0.6 is 0 Å². The number of anilines is 1. The van der Waals surface area contributed by atoms with Crippen LogP contribution in [0, 0.1) is 5.82 Å². The Morgan fingerprint density at radius 2 is 1.85 bits per heavy atom. The summed E-state index contributed by atoms with van der Waals surface area (Å²) in [5.41, 5.74) is 1.12. The molecule has 4 rings (SSSR count). The third-order valence-corrected chi connectivity index (χ3v) is 5.06. The van der Waals surface area contributed by atoms with E-state index >= 15 is 0 Å². The number of benzene rings is 2. The average Bonchev–Trinajstić information content (AvgIpc) is 3.20. The van der Waals surface area contributed by atoms with Crippen molar-refractivity contribution < 1.29 is 23.8 Å². The molecule has 0 bridgehead atoms. The minimum atomic E-state index is -0.607. The maximum absolute atomic E-state index is 13.3. The minimum Gasteiger partial charge on any atom is -0.465 e. The first kappa shape index (κ1) is 21.9. The predicted molar refractivity (Wildman–Crippen MR) is 117 cm³/mol. The fourth-order valence-corrected chi connectivity index (χ4v) is 3.49. The number of nitrogens with zero attached hydrogens (tertiary/aromatic N) is 3. The molecule has 0 spiro atoms. The summed E-state index contributed by atoms with van der Waals surface area (Å²) in [5, 5.41) is 16.9. The van der Waals surface area contributed by atoms with Crippen molar-refractivity contribution in [1.29, 1.82) is 0 Å². The molecule has 2 N–H and O–H groups in total. The summed E-state index contributed by atoms with van der Waals surface area (Å²) in [6.45, 7) is -0.819. The first-order valence-corrected chi connectivity index (χ1v) is 9.87. The van der Waals surface area contributed by atoms with Gasteiger partial charge in [-0.3, -0.25) is 9.59 Å².